The van der Waals surface area contributed by atoms with Gasteiger partial charge in [-0.15, -0.1) is 0 Å². The molecule has 1 aliphatic carbocycles. The third kappa shape index (κ3) is 2.53. The summed E-state index contributed by atoms with van der Waals surface area (Å²) in [5.41, 5.74) is 0. The van der Waals surface area contributed by atoms with E-state index >= 15 is 0 Å². The zero-order chi connectivity index (χ0) is 11.8. The zero-order valence-corrected chi connectivity index (χ0v) is 10.4. The van der Waals surface area contributed by atoms with Gasteiger partial charge >= 0.3 is 0 Å². The Kier molecular flexibility index (Phi) is 3.19. The van der Waals surface area contributed by atoms with Crippen molar-refractivity contribution in [2.75, 3.05) is 0 Å². The summed E-state index contributed by atoms with van der Waals surface area (Å²) in [7, 11) is -3.44. The van der Waals surface area contributed by atoms with E-state index in [1.54, 1.807) is 0 Å². The van der Waals surface area contributed by atoms with Crippen LogP contribution in [0.15, 0.2) is 23.2 Å². The quantitative estimate of drug-likeness (QED) is 0.840. The van der Waals surface area contributed by atoms with Gasteiger partial charge < -0.3 is 0 Å². The highest BCUT2D eigenvalue weighted by atomic mass is 35.5. The monoisotopic (exact) mass is 260 g/mol. The molecule has 1 aliphatic rings. The molecule has 0 aromatic carbocycles. The molecule has 0 radical (unpaired) electrons. The Balaban J connectivity index is 2.14. The highest BCUT2D eigenvalue weighted by Crippen LogP contribution is 2.34. The molecule has 1 saturated carbocycles. The Morgan fingerprint density at radius 3 is 2.94 bits per heavy atom. The van der Waals surface area contributed by atoms with Gasteiger partial charge in [-0.2, -0.15) is 0 Å². The summed E-state index contributed by atoms with van der Waals surface area (Å²) >= 11 is 5.66. The lowest BCUT2D eigenvalue weighted by molar-refractivity contribution is 0.576. The number of rotatable bonds is 4. The van der Waals surface area contributed by atoms with Crippen molar-refractivity contribution in [2.24, 2.45) is 5.92 Å². The summed E-state index contributed by atoms with van der Waals surface area (Å²) in [5.74, 6) is 0.479. The number of aromatic nitrogens is 1. The SMILES string of the molecule is CCC1CC1NS(=O)(=O)c1ccnc(Cl)c1. The largest absolute Gasteiger partial charge is 0.244 e. The van der Waals surface area contributed by atoms with Crippen molar-refractivity contribution >= 4 is 21.6 Å². The fraction of sp³-hybridized carbons (Fsp3) is 0.500. The molecule has 2 atom stereocenters. The predicted molar refractivity (Wildman–Crippen MR) is 61.8 cm³/mol. The summed E-state index contributed by atoms with van der Waals surface area (Å²) in [6.07, 6.45) is 3.32. The maximum Gasteiger partial charge on any atom is 0.240 e. The number of halogens is 1. The first-order valence-electron chi connectivity index (χ1n) is 5.17. The van der Waals surface area contributed by atoms with E-state index in [0.717, 1.165) is 12.8 Å². The molecule has 0 saturated heterocycles. The van der Waals surface area contributed by atoms with Crippen molar-refractivity contribution in [3.63, 3.8) is 0 Å². The number of nitrogens with zero attached hydrogens (tertiary/aromatic N) is 1. The second-order valence-corrected chi connectivity index (χ2v) is 6.05. The molecule has 0 amide bonds. The Labute approximate surface area is 100 Å². The smallest absolute Gasteiger partial charge is 0.240 e. The minimum Gasteiger partial charge on any atom is -0.244 e. The molecule has 0 aliphatic heterocycles. The summed E-state index contributed by atoms with van der Waals surface area (Å²) in [5, 5.41) is 0.186. The van der Waals surface area contributed by atoms with Crippen LogP contribution in [-0.4, -0.2) is 19.4 Å². The maximum absolute atomic E-state index is 11.9. The van der Waals surface area contributed by atoms with Crippen molar-refractivity contribution in [1.82, 2.24) is 9.71 Å². The van der Waals surface area contributed by atoms with Crippen molar-refractivity contribution in [3.8, 4) is 0 Å². The van der Waals surface area contributed by atoms with Gasteiger partial charge in [0, 0.05) is 12.2 Å². The van der Waals surface area contributed by atoms with E-state index in [1.807, 2.05) is 0 Å². The van der Waals surface area contributed by atoms with Crippen LogP contribution in [-0.2, 0) is 10.0 Å². The number of hydrogen-bond acceptors (Lipinski definition) is 3. The van der Waals surface area contributed by atoms with Crippen LogP contribution in [0.2, 0.25) is 5.15 Å². The van der Waals surface area contributed by atoms with Gasteiger partial charge in [-0.3, -0.25) is 0 Å². The summed E-state index contributed by atoms with van der Waals surface area (Å²) < 4.78 is 26.5. The highest BCUT2D eigenvalue weighted by Gasteiger charge is 2.38. The molecule has 4 nitrogen and oxygen atoms in total. The van der Waals surface area contributed by atoms with Crippen molar-refractivity contribution < 1.29 is 8.42 Å². The van der Waals surface area contributed by atoms with E-state index in [-0.39, 0.29) is 16.1 Å². The van der Waals surface area contributed by atoms with Crippen LogP contribution in [0.5, 0.6) is 0 Å². The molecule has 0 spiro atoms. The van der Waals surface area contributed by atoms with Crippen LogP contribution in [0.3, 0.4) is 0 Å². The molecule has 1 heterocycles. The van der Waals surface area contributed by atoms with E-state index in [2.05, 4.69) is 16.6 Å². The van der Waals surface area contributed by atoms with Crippen LogP contribution in [0.1, 0.15) is 19.8 Å². The lowest BCUT2D eigenvalue weighted by atomic mass is 10.3. The average molecular weight is 261 g/mol. The molecule has 1 N–H and O–H groups in total. The van der Waals surface area contributed by atoms with Crippen LogP contribution >= 0.6 is 11.6 Å². The number of nitrogens with one attached hydrogen (secondary N) is 1. The first-order valence-corrected chi connectivity index (χ1v) is 7.03. The van der Waals surface area contributed by atoms with Crippen molar-refractivity contribution in [2.45, 2.75) is 30.7 Å². The predicted octanol–water partition coefficient (Wildman–Crippen LogP) is 1.81. The number of hydrogen-bond donors (Lipinski definition) is 1. The maximum atomic E-state index is 11.9. The third-order valence-corrected chi connectivity index (χ3v) is 4.46. The van der Waals surface area contributed by atoms with Gasteiger partial charge in [0.15, 0.2) is 0 Å². The molecule has 2 unspecified atom stereocenters. The van der Waals surface area contributed by atoms with Crippen LogP contribution in [0, 0.1) is 5.92 Å². The Morgan fingerprint density at radius 2 is 2.38 bits per heavy atom. The average Bonchev–Trinajstić information content (AvgIpc) is 2.95. The van der Waals surface area contributed by atoms with Crippen molar-refractivity contribution in [3.05, 3.63) is 23.5 Å². The molecule has 1 aromatic rings. The fourth-order valence-electron chi connectivity index (χ4n) is 1.66. The minimum absolute atomic E-state index is 0.0851. The first-order chi connectivity index (χ1) is 7.53. The molecular formula is C10H13ClN2O2S. The topological polar surface area (TPSA) is 59.1 Å². The summed E-state index contributed by atoms with van der Waals surface area (Å²) in [4.78, 5) is 3.93. The molecule has 2 rings (SSSR count). The Morgan fingerprint density at radius 1 is 1.62 bits per heavy atom. The van der Waals surface area contributed by atoms with Crippen LogP contribution < -0.4 is 4.72 Å². The van der Waals surface area contributed by atoms with Gasteiger partial charge in [-0.25, -0.2) is 18.1 Å². The molecular weight excluding hydrogens is 248 g/mol. The second kappa shape index (κ2) is 4.31. The van der Waals surface area contributed by atoms with Gasteiger partial charge in [0.25, 0.3) is 0 Å². The van der Waals surface area contributed by atoms with Gasteiger partial charge in [0.1, 0.15) is 5.15 Å². The number of pyridine rings is 1. The molecule has 16 heavy (non-hydrogen) atoms. The van der Waals surface area contributed by atoms with Crippen LogP contribution in [0.4, 0.5) is 0 Å². The van der Waals surface area contributed by atoms with Gasteiger partial charge in [-0.1, -0.05) is 24.9 Å². The van der Waals surface area contributed by atoms with Gasteiger partial charge in [0.2, 0.25) is 10.0 Å². The van der Waals surface area contributed by atoms with E-state index in [0.29, 0.717) is 5.92 Å². The number of sulfonamides is 1. The summed E-state index contributed by atoms with van der Waals surface area (Å²) in [6.45, 7) is 2.06. The standard InChI is InChI=1S/C10H13ClN2O2S/c1-2-7-5-9(7)13-16(14,15)8-3-4-12-10(11)6-8/h3-4,6-7,9,13H,2,5H2,1H3. The summed E-state index contributed by atoms with van der Waals surface area (Å²) in [6, 6.07) is 2.88. The normalized spacial score (nSPS) is 24.4. The van der Waals surface area contributed by atoms with E-state index in [4.69, 9.17) is 11.6 Å². The van der Waals surface area contributed by atoms with E-state index in [1.165, 1.54) is 18.3 Å². The highest BCUT2D eigenvalue weighted by molar-refractivity contribution is 7.89. The molecule has 1 aromatic heterocycles. The Hall–Kier alpha value is -0.650. The first kappa shape index (κ1) is 11.8. The Bertz CT molecular complexity index is 489. The third-order valence-electron chi connectivity index (χ3n) is 2.76. The lowest BCUT2D eigenvalue weighted by Crippen LogP contribution is -2.27. The van der Waals surface area contributed by atoms with E-state index < -0.39 is 10.0 Å². The molecule has 88 valence electrons. The molecule has 0 bridgehead atoms. The molecule has 6 heteroatoms. The lowest BCUT2D eigenvalue weighted by Gasteiger charge is -2.05. The molecule has 1 fully saturated rings. The minimum atomic E-state index is -3.44. The zero-order valence-electron chi connectivity index (χ0n) is 8.85. The fourth-order valence-corrected chi connectivity index (χ4v) is 3.23. The van der Waals surface area contributed by atoms with Gasteiger partial charge in [-0.05, 0) is 24.5 Å². The van der Waals surface area contributed by atoms with Crippen LogP contribution in [0.25, 0.3) is 0 Å². The second-order valence-electron chi connectivity index (χ2n) is 3.95. The van der Waals surface area contributed by atoms with Gasteiger partial charge in [0.05, 0.1) is 4.90 Å². The van der Waals surface area contributed by atoms with Crippen molar-refractivity contribution in [1.29, 1.82) is 0 Å². The van der Waals surface area contributed by atoms with E-state index in [9.17, 15) is 8.42 Å².